The molecule has 1 saturated heterocycles. The zero-order valence-corrected chi connectivity index (χ0v) is 17.0. The van der Waals surface area contributed by atoms with Gasteiger partial charge in [0.25, 0.3) is 0 Å². The number of methoxy groups -OCH3 is 1. The number of amides is 2. The number of benzene rings is 2. The molecule has 1 aliphatic heterocycles. The van der Waals surface area contributed by atoms with Crippen LogP contribution in [-0.2, 0) is 9.59 Å². The first-order valence-electron chi connectivity index (χ1n) is 10.1. The van der Waals surface area contributed by atoms with E-state index in [9.17, 15) is 9.59 Å². The van der Waals surface area contributed by atoms with Crippen LogP contribution in [0.3, 0.4) is 0 Å². The summed E-state index contributed by atoms with van der Waals surface area (Å²) in [5, 5.41) is 0. The van der Waals surface area contributed by atoms with Crippen molar-refractivity contribution in [2.75, 3.05) is 50.1 Å². The number of carbonyl (C=O) groups is 2. The third kappa shape index (κ3) is 4.06. The Kier molecular flexibility index (Phi) is 5.43. The predicted molar refractivity (Wildman–Crippen MR) is 113 cm³/mol. The lowest BCUT2D eigenvalue weighted by Gasteiger charge is -2.36. The summed E-state index contributed by atoms with van der Waals surface area (Å²) in [7, 11) is 3.44. The molecule has 2 aromatic carbocycles. The molecule has 2 fully saturated rings. The molecule has 0 spiro atoms. The standard InChI is InChI=1S/C23H27N3O3/c1-24(17-6-4-3-5-7-17)22(27)20-16-21(20)23(28)26-14-12-25(13-15-26)18-8-10-19(29-2)11-9-18/h3-11,20-21H,12-16H2,1-2H3. The van der Waals surface area contributed by atoms with Crippen molar-refractivity contribution in [3.63, 3.8) is 0 Å². The summed E-state index contributed by atoms with van der Waals surface area (Å²) in [6.07, 6.45) is 0.660. The largest absolute Gasteiger partial charge is 0.497 e. The Balaban J connectivity index is 1.29. The fourth-order valence-electron chi connectivity index (χ4n) is 3.98. The van der Waals surface area contributed by atoms with E-state index >= 15 is 0 Å². The first kappa shape index (κ1) is 19.3. The Morgan fingerprint density at radius 3 is 2.21 bits per heavy atom. The van der Waals surface area contributed by atoms with Crippen molar-refractivity contribution in [2.24, 2.45) is 11.8 Å². The summed E-state index contributed by atoms with van der Waals surface area (Å²) in [5.74, 6) is 0.645. The lowest BCUT2D eigenvalue weighted by molar-refractivity contribution is -0.134. The van der Waals surface area contributed by atoms with E-state index in [1.54, 1.807) is 19.1 Å². The second kappa shape index (κ2) is 8.15. The number of ether oxygens (including phenoxy) is 1. The minimum absolute atomic E-state index is 0.0337. The van der Waals surface area contributed by atoms with Gasteiger partial charge in [-0.1, -0.05) is 18.2 Å². The summed E-state index contributed by atoms with van der Waals surface area (Å²) in [4.78, 5) is 31.5. The van der Waals surface area contributed by atoms with Crippen molar-refractivity contribution < 1.29 is 14.3 Å². The van der Waals surface area contributed by atoms with Crippen molar-refractivity contribution in [3.05, 3.63) is 54.6 Å². The third-order valence-electron chi connectivity index (χ3n) is 5.93. The van der Waals surface area contributed by atoms with Gasteiger partial charge in [-0.15, -0.1) is 0 Å². The fraction of sp³-hybridized carbons (Fsp3) is 0.391. The highest BCUT2D eigenvalue weighted by Gasteiger charge is 2.50. The second-order valence-electron chi connectivity index (χ2n) is 7.69. The van der Waals surface area contributed by atoms with E-state index in [0.29, 0.717) is 19.5 Å². The molecule has 2 amide bonds. The van der Waals surface area contributed by atoms with E-state index in [4.69, 9.17) is 4.74 Å². The highest BCUT2D eigenvalue weighted by Crippen LogP contribution is 2.42. The van der Waals surface area contributed by atoms with Crippen molar-refractivity contribution in [1.29, 1.82) is 0 Å². The van der Waals surface area contributed by atoms with Crippen LogP contribution in [0.5, 0.6) is 5.75 Å². The molecular formula is C23H27N3O3. The maximum Gasteiger partial charge on any atom is 0.230 e. The van der Waals surface area contributed by atoms with Gasteiger partial charge < -0.3 is 19.4 Å². The second-order valence-corrected chi connectivity index (χ2v) is 7.69. The van der Waals surface area contributed by atoms with Crippen LogP contribution in [0.4, 0.5) is 11.4 Å². The van der Waals surface area contributed by atoms with Crippen molar-refractivity contribution in [1.82, 2.24) is 4.90 Å². The molecule has 6 nitrogen and oxygen atoms in total. The lowest BCUT2D eigenvalue weighted by atomic mass is 10.2. The van der Waals surface area contributed by atoms with E-state index in [0.717, 1.165) is 30.2 Å². The zero-order valence-electron chi connectivity index (χ0n) is 17.0. The van der Waals surface area contributed by atoms with Crippen LogP contribution in [0.25, 0.3) is 0 Å². The summed E-state index contributed by atoms with van der Waals surface area (Å²) >= 11 is 0. The van der Waals surface area contributed by atoms with Gasteiger partial charge in [-0.2, -0.15) is 0 Å². The molecule has 0 radical (unpaired) electrons. The average Bonchev–Trinajstić information content (AvgIpc) is 3.59. The average molecular weight is 393 g/mol. The smallest absolute Gasteiger partial charge is 0.230 e. The van der Waals surface area contributed by atoms with Crippen LogP contribution in [0.1, 0.15) is 6.42 Å². The van der Waals surface area contributed by atoms with E-state index in [-0.39, 0.29) is 23.7 Å². The van der Waals surface area contributed by atoms with E-state index in [1.807, 2.05) is 59.5 Å². The summed E-state index contributed by atoms with van der Waals surface area (Å²) in [6.45, 7) is 2.98. The Hall–Kier alpha value is -3.02. The molecule has 29 heavy (non-hydrogen) atoms. The van der Waals surface area contributed by atoms with Gasteiger partial charge in [0.15, 0.2) is 0 Å². The molecule has 1 heterocycles. The SMILES string of the molecule is COc1ccc(N2CCN(C(=O)C3CC3C(=O)N(C)c3ccccc3)CC2)cc1. The van der Waals surface area contributed by atoms with Crippen LogP contribution in [0, 0.1) is 11.8 Å². The molecule has 2 atom stereocenters. The summed E-state index contributed by atoms with van der Waals surface area (Å²) in [5.41, 5.74) is 2.01. The van der Waals surface area contributed by atoms with Gasteiger partial charge in [0, 0.05) is 44.6 Å². The molecular weight excluding hydrogens is 366 g/mol. The Labute approximate surface area is 171 Å². The van der Waals surface area contributed by atoms with Gasteiger partial charge in [-0.05, 0) is 42.8 Å². The highest BCUT2D eigenvalue weighted by atomic mass is 16.5. The summed E-state index contributed by atoms with van der Waals surface area (Å²) < 4.78 is 5.21. The van der Waals surface area contributed by atoms with Gasteiger partial charge in [0.05, 0.1) is 18.9 Å². The molecule has 0 aromatic heterocycles. The third-order valence-corrected chi connectivity index (χ3v) is 5.93. The molecule has 2 aliphatic rings. The Morgan fingerprint density at radius 1 is 0.931 bits per heavy atom. The number of para-hydroxylation sites is 1. The van der Waals surface area contributed by atoms with Crippen molar-refractivity contribution >= 4 is 23.2 Å². The minimum Gasteiger partial charge on any atom is -0.497 e. The van der Waals surface area contributed by atoms with E-state index < -0.39 is 0 Å². The fourth-order valence-corrected chi connectivity index (χ4v) is 3.98. The molecule has 2 aromatic rings. The number of hydrogen-bond donors (Lipinski definition) is 0. The number of piperazine rings is 1. The minimum atomic E-state index is -0.188. The van der Waals surface area contributed by atoms with Gasteiger partial charge in [0.1, 0.15) is 5.75 Å². The topological polar surface area (TPSA) is 53.1 Å². The summed E-state index contributed by atoms with van der Waals surface area (Å²) in [6, 6.07) is 17.6. The van der Waals surface area contributed by atoms with Crippen LogP contribution in [0.2, 0.25) is 0 Å². The molecule has 1 aliphatic carbocycles. The van der Waals surface area contributed by atoms with Crippen LogP contribution >= 0.6 is 0 Å². The lowest BCUT2D eigenvalue weighted by Crippen LogP contribution is -2.49. The number of hydrogen-bond acceptors (Lipinski definition) is 4. The molecule has 0 bridgehead atoms. The maximum absolute atomic E-state index is 12.9. The first-order valence-corrected chi connectivity index (χ1v) is 10.1. The van der Waals surface area contributed by atoms with Crippen LogP contribution in [0.15, 0.2) is 54.6 Å². The van der Waals surface area contributed by atoms with Crippen molar-refractivity contribution in [2.45, 2.75) is 6.42 Å². The number of anilines is 2. The molecule has 6 heteroatoms. The predicted octanol–water partition coefficient (Wildman–Crippen LogP) is 2.64. The monoisotopic (exact) mass is 393 g/mol. The van der Waals surface area contributed by atoms with Crippen LogP contribution < -0.4 is 14.5 Å². The maximum atomic E-state index is 12.9. The molecule has 152 valence electrons. The Morgan fingerprint density at radius 2 is 1.59 bits per heavy atom. The molecule has 4 rings (SSSR count). The van der Waals surface area contributed by atoms with Gasteiger partial charge in [-0.25, -0.2) is 0 Å². The van der Waals surface area contributed by atoms with Gasteiger partial charge in [0.2, 0.25) is 11.8 Å². The highest BCUT2D eigenvalue weighted by molar-refractivity contribution is 6.00. The molecule has 0 N–H and O–H groups in total. The van der Waals surface area contributed by atoms with Crippen molar-refractivity contribution in [3.8, 4) is 5.75 Å². The van der Waals surface area contributed by atoms with Crippen LogP contribution in [-0.4, -0.2) is 57.1 Å². The van der Waals surface area contributed by atoms with E-state index in [2.05, 4.69) is 4.90 Å². The number of rotatable bonds is 5. The number of carbonyl (C=O) groups excluding carboxylic acids is 2. The molecule has 2 unspecified atom stereocenters. The van der Waals surface area contributed by atoms with Gasteiger partial charge >= 0.3 is 0 Å². The number of nitrogens with zero attached hydrogens (tertiary/aromatic N) is 3. The normalized spacial score (nSPS) is 20.9. The quantitative estimate of drug-likeness (QED) is 0.784. The Bertz CT molecular complexity index is 861. The zero-order chi connectivity index (χ0) is 20.4. The first-order chi connectivity index (χ1) is 14.1. The molecule has 1 saturated carbocycles. The van der Waals surface area contributed by atoms with E-state index in [1.165, 1.54) is 0 Å². The van der Waals surface area contributed by atoms with Gasteiger partial charge in [-0.3, -0.25) is 9.59 Å².